The van der Waals surface area contributed by atoms with Gasteiger partial charge in [-0.2, -0.15) is 0 Å². The van der Waals surface area contributed by atoms with Crippen LogP contribution in [0.3, 0.4) is 0 Å². The lowest BCUT2D eigenvalue weighted by atomic mass is 9.80. The van der Waals surface area contributed by atoms with Gasteiger partial charge in [0.2, 0.25) is 0 Å². The van der Waals surface area contributed by atoms with Gasteiger partial charge in [0.15, 0.2) is 0 Å². The minimum Gasteiger partial charge on any atom is -0.459 e. The highest BCUT2D eigenvalue weighted by atomic mass is 16.6. The predicted molar refractivity (Wildman–Crippen MR) is 93.0 cm³/mol. The molecule has 1 aliphatic carbocycles. The van der Waals surface area contributed by atoms with Gasteiger partial charge in [0.05, 0.1) is 24.7 Å². The van der Waals surface area contributed by atoms with Gasteiger partial charge in [0, 0.05) is 25.6 Å². The Kier molecular flexibility index (Phi) is 5.83. The third-order valence-electron chi connectivity index (χ3n) is 6.03. The summed E-state index contributed by atoms with van der Waals surface area (Å²) in [4.78, 5) is 14.5. The fourth-order valence-electron chi connectivity index (χ4n) is 4.40. The number of hydrogen-bond acceptors (Lipinski definition) is 6. The van der Waals surface area contributed by atoms with Crippen molar-refractivity contribution in [3.8, 4) is 0 Å². The van der Waals surface area contributed by atoms with Gasteiger partial charge in [-0.3, -0.25) is 9.69 Å². The summed E-state index contributed by atoms with van der Waals surface area (Å²) in [5.41, 5.74) is 1.18. The summed E-state index contributed by atoms with van der Waals surface area (Å²) in [6, 6.07) is 0. The van der Waals surface area contributed by atoms with Crippen molar-refractivity contribution >= 4 is 5.97 Å². The molecule has 25 heavy (non-hydrogen) atoms. The van der Waals surface area contributed by atoms with Crippen LogP contribution in [-0.2, 0) is 14.3 Å². The van der Waals surface area contributed by atoms with Crippen molar-refractivity contribution in [2.24, 2.45) is 11.8 Å². The van der Waals surface area contributed by atoms with Gasteiger partial charge >= 0.3 is 5.97 Å². The Morgan fingerprint density at radius 3 is 2.72 bits per heavy atom. The number of hydrogen-bond donors (Lipinski definition) is 2. The molecule has 2 aliphatic heterocycles. The molecule has 6 nitrogen and oxygen atoms in total. The maximum absolute atomic E-state index is 12.6. The number of esters is 1. The van der Waals surface area contributed by atoms with Crippen molar-refractivity contribution in [2.75, 3.05) is 32.8 Å². The first-order valence-corrected chi connectivity index (χ1v) is 9.46. The molecule has 0 spiro atoms. The van der Waals surface area contributed by atoms with Crippen LogP contribution < -0.4 is 0 Å². The Bertz CT molecular complexity index is 516. The minimum atomic E-state index is -0.219. The molecule has 0 aromatic heterocycles. The molecule has 0 aromatic rings. The zero-order valence-electron chi connectivity index (χ0n) is 15.3. The summed E-state index contributed by atoms with van der Waals surface area (Å²) in [7, 11) is 0. The molecule has 3 aliphatic rings. The highest BCUT2D eigenvalue weighted by molar-refractivity contribution is 5.75. The van der Waals surface area contributed by atoms with Crippen molar-refractivity contribution in [3.63, 3.8) is 0 Å². The second-order valence-corrected chi connectivity index (χ2v) is 7.90. The normalized spacial score (nSPS) is 40.0. The zero-order valence-corrected chi connectivity index (χ0v) is 15.3. The van der Waals surface area contributed by atoms with E-state index in [9.17, 15) is 15.0 Å². The number of aliphatic hydroxyl groups is 2. The van der Waals surface area contributed by atoms with E-state index in [0.29, 0.717) is 19.6 Å². The van der Waals surface area contributed by atoms with Crippen LogP contribution in [0.1, 0.15) is 39.5 Å². The predicted octanol–water partition coefficient (Wildman–Crippen LogP) is 1.11. The van der Waals surface area contributed by atoms with Crippen LogP contribution in [0.4, 0.5) is 0 Å². The van der Waals surface area contributed by atoms with E-state index >= 15 is 0 Å². The molecule has 2 heterocycles. The average molecular weight is 353 g/mol. The third-order valence-corrected chi connectivity index (χ3v) is 6.03. The smallest absolute Gasteiger partial charge is 0.311 e. The largest absolute Gasteiger partial charge is 0.459 e. The second-order valence-electron chi connectivity index (χ2n) is 7.90. The molecule has 2 fully saturated rings. The van der Waals surface area contributed by atoms with Crippen molar-refractivity contribution in [2.45, 2.75) is 57.3 Å². The quantitative estimate of drug-likeness (QED) is 0.423. The van der Waals surface area contributed by atoms with Crippen LogP contribution in [-0.4, -0.2) is 71.7 Å². The van der Waals surface area contributed by atoms with Gasteiger partial charge in [-0.05, 0) is 39.5 Å². The molecule has 2 saturated heterocycles. The SMILES string of the molecule is C/C1=C\CC[C@@]2(C)O[C@H]2[C@@H]2OC(=O)[C@@H](CN(CCO)CCO)[C@@H]2CC1. The van der Waals surface area contributed by atoms with Gasteiger partial charge in [0.1, 0.15) is 12.2 Å². The van der Waals surface area contributed by atoms with E-state index in [2.05, 4.69) is 19.9 Å². The molecule has 0 unspecified atom stereocenters. The third kappa shape index (κ3) is 4.08. The molecule has 0 aromatic carbocycles. The summed E-state index contributed by atoms with van der Waals surface area (Å²) in [5.74, 6) is -0.251. The van der Waals surface area contributed by atoms with Gasteiger partial charge < -0.3 is 19.7 Å². The number of nitrogens with zero attached hydrogens (tertiary/aromatic N) is 1. The van der Waals surface area contributed by atoms with Gasteiger partial charge in [-0.1, -0.05) is 11.6 Å². The number of allylic oxidation sites excluding steroid dienone is 2. The zero-order chi connectivity index (χ0) is 18.0. The van der Waals surface area contributed by atoms with Crippen LogP contribution in [0.25, 0.3) is 0 Å². The van der Waals surface area contributed by atoms with Crippen LogP contribution in [0.2, 0.25) is 0 Å². The summed E-state index contributed by atoms with van der Waals surface area (Å²) < 4.78 is 11.8. The maximum atomic E-state index is 12.6. The Balaban J connectivity index is 1.77. The molecule has 0 bridgehead atoms. The van der Waals surface area contributed by atoms with E-state index in [1.54, 1.807) is 0 Å². The summed E-state index contributed by atoms with van der Waals surface area (Å²) in [6.07, 6.45) is 5.97. The number of carbonyl (C=O) groups is 1. The molecule has 2 N–H and O–H groups in total. The van der Waals surface area contributed by atoms with Crippen LogP contribution >= 0.6 is 0 Å². The molecule has 0 radical (unpaired) electrons. The summed E-state index contributed by atoms with van der Waals surface area (Å²) in [5, 5.41) is 18.5. The van der Waals surface area contributed by atoms with Crippen LogP contribution in [0, 0.1) is 11.8 Å². The lowest BCUT2D eigenvalue weighted by Gasteiger charge is -2.27. The Labute approximate surface area is 149 Å². The molecule has 5 atom stereocenters. The highest BCUT2D eigenvalue weighted by Gasteiger charge is 2.62. The summed E-state index contributed by atoms with van der Waals surface area (Å²) in [6.45, 7) is 5.73. The first-order chi connectivity index (χ1) is 12.0. The van der Waals surface area contributed by atoms with E-state index < -0.39 is 0 Å². The first kappa shape index (κ1) is 18.8. The number of aliphatic hydroxyl groups excluding tert-OH is 2. The molecular formula is C19H31NO5. The number of rotatable bonds is 6. The van der Waals surface area contributed by atoms with Crippen molar-refractivity contribution in [3.05, 3.63) is 11.6 Å². The summed E-state index contributed by atoms with van der Waals surface area (Å²) >= 11 is 0. The van der Waals surface area contributed by atoms with Gasteiger partial charge in [-0.15, -0.1) is 0 Å². The average Bonchev–Trinajstić information content (AvgIpc) is 3.13. The number of fused-ring (bicyclic) bond motifs is 3. The fourth-order valence-corrected chi connectivity index (χ4v) is 4.40. The number of epoxide rings is 1. The van der Waals surface area contributed by atoms with E-state index in [0.717, 1.165) is 25.7 Å². The Hall–Kier alpha value is -0.950. The topological polar surface area (TPSA) is 82.5 Å². The Morgan fingerprint density at radius 1 is 1.32 bits per heavy atom. The highest BCUT2D eigenvalue weighted by Crippen LogP contribution is 2.50. The molecule has 0 amide bonds. The molecule has 6 heteroatoms. The van der Waals surface area contributed by atoms with Crippen molar-refractivity contribution in [1.29, 1.82) is 0 Å². The van der Waals surface area contributed by atoms with E-state index in [1.807, 2.05) is 4.90 Å². The molecule has 3 rings (SSSR count). The van der Waals surface area contributed by atoms with Crippen LogP contribution in [0.5, 0.6) is 0 Å². The standard InChI is InChI=1S/C19H31NO5/c1-13-4-3-7-19(2)17(25-19)16-14(6-5-13)15(18(23)24-16)12-20(8-10-21)9-11-22/h4,14-17,21-22H,3,5-12H2,1-2H3/b13-4+/t14-,15-,16+,17-,19+/m0/s1. The van der Waals surface area contributed by atoms with Crippen LogP contribution in [0.15, 0.2) is 11.6 Å². The fraction of sp³-hybridized carbons (Fsp3) is 0.842. The molecular weight excluding hydrogens is 322 g/mol. The first-order valence-electron chi connectivity index (χ1n) is 9.46. The lowest BCUT2D eigenvalue weighted by molar-refractivity contribution is -0.145. The van der Waals surface area contributed by atoms with E-state index in [4.69, 9.17) is 9.47 Å². The minimum absolute atomic E-state index is 0.00221. The van der Waals surface area contributed by atoms with Gasteiger partial charge in [-0.25, -0.2) is 0 Å². The van der Waals surface area contributed by atoms with Gasteiger partial charge in [0.25, 0.3) is 0 Å². The second kappa shape index (κ2) is 7.74. The lowest BCUT2D eigenvalue weighted by Crippen LogP contribution is -2.39. The maximum Gasteiger partial charge on any atom is 0.311 e. The molecule has 142 valence electrons. The monoisotopic (exact) mass is 353 g/mol. The number of carbonyl (C=O) groups excluding carboxylic acids is 1. The Morgan fingerprint density at radius 2 is 2.04 bits per heavy atom. The van der Waals surface area contributed by atoms with E-state index in [-0.39, 0.29) is 48.8 Å². The molecule has 0 saturated carbocycles. The van der Waals surface area contributed by atoms with E-state index in [1.165, 1.54) is 5.57 Å². The van der Waals surface area contributed by atoms with Crippen molar-refractivity contribution < 1.29 is 24.5 Å². The van der Waals surface area contributed by atoms with Crippen molar-refractivity contribution in [1.82, 2.24) is 4.90 Å². The number of ether oxygens (including phenoxy) is 2.